The summed E-state index contributed by atoms with van der Waals surface area (Å²) in [5.41, 5.74) is 1.36. The first kappa shape index (κ1) is 21.0. The molecule has 148 valence electrons. The van der Waals surface area contributed by atoms with Crippen molar-refractivity contribution in [3.05, 3.63) is 59.7 Å². The molecule has 2 aromatic carbocycles. The third-order valence-electron chi connectivity index (χ3n) is 3.78. The lowest BCUT2D eigenvalue weighted by atomic mass is 10.2. The SMILES string of the molecule is CCCCOC(=O)c1ccc(NC(=O)COc2ccc(C(=O)OC)cc2)cc1. The minimum Gasteiger partial charge on any atom is -0.484 e. The molecule has 2 rings (SSSR count). The van der Waals surface area contributed by atoms with Crippen LogP contribution in [0.15, 0.2) is 48.5 Å². The van der Waals surface area contributed by atoms with Crippen LogP contribution in [-0.2, 0) is 14.3 Å². The van der Waals surface area contributed by atoms with Crippen molar-refractivity contribution in [2.45, 2.75) is 19.8 Å². The van der Waals surface area contributed by atoms with Crippen LogP contribution in [0, 0.1) is 0 Å². The molecule has 7 nitrogen and oxygen atoms in total. The first-order valence-electron chi connectivity index (χ1n) is 8.91. The molecule has 0 unspecified atom stereocenters. The lowest BCUT2D eigenvalue weighted by Crippen LogP contribution is -2.20. The summed E-state index contributed by atoms with van der Waals surface area (Å²) < 4.78 is 15.1. The number of hydrogen-bond acceptors (Lipinski definition) is 6. The van der Waals surface area contributed by atoms with E-state index in [2.05, 4.69) is 10.1 Å². The fourth-order valence-electron chi connectivity index (χ4n) is 2.23. The highest BCUT2D eigenvalue weighted by molar-refractivity contribution is 5.93. The Morgan fingerprint density at radius 3 is 2.11 bits per heavy atom. The normalized spacial score (nSPS) is 10.1. The number of carbonyl (C=O) groups excluding carboxylic acids is 3. The van der Waals surface area contributed by atoms with Crippen LogP contribution < -0.4 is 10.1 Å². The van der Waals surface area contributed by atoms with Gasteiger partial charge in [0.15, 0.2) is 6.61 Å². The molecule has 0 spiro atoms. The number of amides is 1. The number of nitrogens with one attached hydrogen (secondary N) is 1. The number of hydrogen-bond donors (Lipinski definition) is 1. The van der Waals surface area contributed by atoms with Crippen molar-refractivity contribution < 1.29 is 28.6 Å². The zero-order valence-corrected chi connectivity index (χ0v) is 15.9. The average Bonchev–Trinajstić information content (AvgIpc) is 2.72. The Balaban J connectivity index is 1.81. The predicted molar refractivity (Wildman–Crippen MR) is 104 cm³/mol. The zero-order chi connectivity index (χ0) is 20.4. The molecule has 0 fully saturated rings. The largest absolute Gasteiger partial charge is 0.484 e. The quantitative estimate of drug-likeness (QED) is 0.525. The van der Waals surface area contributed by atoms with E-state index in [-0.39, 0.29) is 18.5 Å². The van der Waals surface area contributed by atoms with E-state index in [1.165, 1.54) is 7.11 Å². The lowest BCUT2D eigenvalue weighted by molar-refractivity contribution is -0.118. The molecule has 0 aliphatic rings. The predicted octanol–water partition coefficient (Wildman–Crippen LogP) is 3.45. The maximum atomic E-state index is 12.0. The van der Waals surface area contributed by atoms with E-state index in [1.54, 1.807) is 48.5 Å². The van der Waals surface area contributed by atoms with Crippen LogP contribution in [0.2, 0.25) is 0 Å². The molecule has 7 heteroatoms. The van der Waals surface area contributed by atoms with Crippen molar-refractivity contribution >= 4 is 23.5 Å². The third-order valence-corrected chi connectivity index (χ3v) is 3.78. The standard InChI is InChI=1S/C21H23NO6/c1-3-4-13-27-21(25)16-5-9-17(10-6-16)22-19(23)14-28-18-11-7-15(8-12-18)20(24)26-2/h5-12H,3-4,13-14H2,1-2H3,(H,22,23). The first-order valence-corrected chi connectivity index (χ1v) is 8.91. The number of ether oxygens (including phenoxy) is 3. The van der Waals surface area contributed by atoms with Crippen molar-refractivity contribution in [1.29, 1.82) is 0 Å². The van der Waals surface area contributed by atoms with E-state index < -0.39 is 5.97 Å². The number of carbonyl (C=O) groups is 3. The number of benzene rings is 2. The summed E-state index contributed by atoms with van der Waals surface area (Å²) in [6.07, 6.45) is 1.78. The van der Waals surface area contributed by atoms with Crippen LogP contribution >= 0.6 is 0 Å². The summed E-state index contributed by atoms with van der Waals surface area (Å²) in [5.74, 6) is -0.727. The highest BCUT2D eigenvalue weighted by Crippen LogP contribution is 2.14. The van der Waals surface area contributed by atoms with Gasteiger partial charge in [0.1, 0.15) is 5.75 Å². The molecule has 0 saturated heterocycles. The van der Waals surface area contributed by atoms with Gasteiger partial charge in [0.25, 0.3) is 5.91 Å². The molecule has 0 aliphatic heterocycles. The third kappa shape index (κ3) is 6.42. The van der Waals surface area contributed by atoms with Gasteiger partial charge in [0.2, 0.25) is 0 Å². The molecule has 0 heterocycles. The molecule has 0 aromatic heterocycles. The number of esters is 2. The van der Waals surface area contributed by atoms with E-state index >= 15 is 0 Å². The minimum atomic E-state index is -0.443. The molecule has 0 bridgehead atoms. The molecule has 0 aliphatic carbocycles. The fourth-order valence-corrected chi connectivity index (χ4v) is 2.23. The Bertz CT molecular complexity index is 799. The Labute approximate surface area is 163 Å². The van der Waals surface area contributed by atoms with Gasteiger partial charge in [-0.2, -0.15) is 0 Å². The zero-order valence-electron chi connectivity index (χ0n) is 15.9. The summed E-state index contributed by atoms with van der Waals surface area (Å²) in [7, 11) is 1.30. The number of methoxy groups -OCH3 is 1. The Morgan fingerprint density at radius 1 is 0.893 bits per heavy atom. The van der Waals surface area contributed by atoms with Crippen LogP contribution in [0.1, 0.15) is 40.5 Å². The molecular weight excluding hydrogens is 362 g/mol. The smallest absolute Gasteiger partial charge is 0.338 e. The number of anilines is 1. The van der Waals surface area contributed by atoms with Crippen molar-refractivity contribution in [3.8, 4) is 5.75 Å². The van der Waals surface area contributed by atoms with Crippen LogP contribution in [0.25, 0.3) is 0 Å². The first-order chi connectivity index (χ1) is 13.5. The van der Waals surface area contributed by atoms with E-state index in [4.69, 9.17) is 9.47 Å². The minimum absolute atomic E-state index is 0.196. The molecule has 0 saturated carbocycles. The average molecular weight is 385 g/mol. The second-order valence-corrected chi connectivity index (χ2v) is 5.92. The fraction of sp³-hybridized carbons (Fsp3) is 0.286. The monoisotopic (exact) mass is 385 g/mol. The maximum Gasteiger partial charge on any atom is 0.338 e. The van der Waals surface area contributed by atoms with E-state index in [9.17, 15) is 14.4 Å². The Hall–Kier alpha value is -3.35. The highest BCUT2D eigenvalue weighted by Gasteiger charge is 2.09. The van der Waals surface area contributed by atoms with Gasteiger partial charge in [-0.15, -0.1) is 0 Å². The van der Waals surface area contributed by atoms with Gasteiger partial charge in [-0.25, -0.2) is 9.59 Å². The van der Waals surface area contributed by atoms with Crippen LogP contribution in [0.5, 0.6) is 5.75 Å². The van der Waals surface area contributed by atoms with Gasteiger partial charge in [0, 0.05) is 5.69 Å². The van der Waals surface area contributed by atoms with Crippen LogP contribution in [-0.4, -0.2) is 38.2 Å². The van der Waals surface area contributed by atoms with Gasteiger partial charge in [0.05, 0.1) is 24.8 Å². The summed E-state index contributed by atoms with van der Waals surface area (Å²) in [4.78, 5) is 35.2. The van der Waals surface area contributed by atoms with Crippen molar-refractivity contribution in [2.75, 3.05) is 25.6 Å². The molecule has 1 N–H and O–H groups in total. The van der Waals surface area contributed by atoms with Gasteiger partial charge in [-0.05, 0) is 55.0 Å². The van der Waals surface area contributed by atoms with E-state index in [0.29, 0.717) is 29.2 Å². The molecule has 0 radical (unpaired) electrons. The second-order valence-electron chi connectivity index (χ2n) is 5.92. The van der Waals surface area contributed by atoms with Crippen LogP contribution in [0.4, 0.5) is 5.69 Å². The van der Waals surface area contributed by atoms with Gasteiger partial charge >= 0.3 is 11.9 Å². The van der Waals surface area contributed by atoms with Crippen molar-refractivity contribution in [2.24, 2.45) is 0 Å². The lowest BCUT2D eigenvalue weighted by Gasteiger charge is -2.09. The molecule has 1 amide bonds. The van der Waals surface area contributed by atoms with E-state index in [0.717, 1.165) is 12.8 Å². The molecule has 2 aromatic rings. The van der Waals surface area contributed by atoms with Crippen molar-refractivity contribution in [1.82, 2.24) is 0 Å². The number of rotatable bonds is 9. The summed E-state index contributed by atoms with van der Waals surface area (Å²) in [6.45, 7) is 2.22. The maximum absolute atomic E-state index is 12.0. The Kier molecular flexibility index (Phi) is 8.02. The Morgan fingerprint density at radius 2 is 1.50 bits per heavy atom. The number of unbranched alkanes of at least 4 members (excludes halogenated alkanes) is 1. The summed E-state index contributed by atoms with van der Waals surface area (Å²) in [5, 5.41) is 2.68. The topological polar surface area (TPSA) is 90.9 Å². The highest BCUT2D eigenvalue weighted by atomic mass is 16.5. The van der Waals surface area contributed by atoms with Gasteiger partial charge in [-0.1, -0.05) is 13.3 Å². The van der Waals surface area contributed by atoms with Gasteiger partial charge < -0.3 is 19.5 Å². The van der Waals surface area contributed by atoms with Crippen LogP contribution in [0.3, 0.4) is 0 Å². The molecule has 0 atom stereocenters. The molecular formula is C21H23NO6. The molecule has 28 heavy (non-hydrogen) atoms. The van der Waals surface area contributed by atoms with Crippen molar-refractivity contribution in [3.63, 3.8) is 0 Å². The second kappa shape index (κ2) is 10.7. The summed E-state index contributed by atoms with van der Waals surface area (Å²) >= 11 is 0. The van der Waals surface area contributed by atoms with E-state index in [1.807, 2.05) is 6.92 Å². The van der Waals surface area contributed by atoms with Gasteiger partial charge in [-0.3, -0.25) is 4.79 Å². The summed E-state index contributed by atoms with van der Waals surface area (Å²) in [6, 6.07) is 12.7.